The van der Waals surface area contributed by atoms with Crippen LogP contribution in [0.3, 0.4) is 0 Å². The van der Waals surface area contributed by atoms with Gasteiger partial charge in [-0.2, -0.15) is 0 Å². The predicted octanol–water partition coefficient (Wildman–Crippen LogP) is 0.927. The molecule has 1 saturated heterocycles. The van der Waals surface area contributed by atoms with Crippen LogP contribution in [0.25, 0.3) is 0 Å². The van der Waals surface area contributed by atoms with Crippen molar-refractivity contribution in [1.29, 1.82) is 0 Å². The summed E-state index contributed by atoms with van der Waals surface area (Å²) in [6.45, 7) is 2.73. The van der Waals surface area contributed by atoms with Gasteiger partial charge in [-0.3, -0.25) is 13.8 Å². The van der Waals surface area contributed by atoms with Crippen molar-refractivity contribution >= 4 is 22.6 Å². The van der Waals surface area contributed by atoms with Gasteiger partial charge in [-0.05, 0) is 24.6 Å². The van der Waals surface area contributed by atoms with Crippen LogP contribution in [0.4, 0.5) is 0 Å². The Hall–Kier alpha value is -1.89. The lowest BCUT2D eigenvalue weighted by atomic mass is 10.1. The number of carbonyl (C=O) groups excluding carboxylic acids is 2. The molecule has 2 rings (SSSR count). The highest BCUT2D eigenvalue weighted by Crippen LogP contribution is 2.21. The standard InChI is InChI=1S/C17H24N2O4S/c1-12(11-24(3)22)18-17(21)14-8-16(20)19(10-14)9-13-4-6-15(23-2)7-5-13/h4-7,12,14H,8-11H2,1-3H3,(H,18,21)/t12-,14-,24+/m1/s1. The molecule has 1 aromatic rings. The molecule has 1 aromatic carbocycles. The van der Waals surface area contributed by atoms with Crippen LogP contribution in [0.15, 0.2) is 24.3 Å². The van der Waals surface area contributed by atoms with Gasteiger partial charge in [0.25, 0.3) is 0 Å². The summed E-state index contributed by atoms with van der Waals surface area (Å²) in [5.41, 5.74) is 1.000. The first-order valence-corrected chi connectivity index (χ1v) is 9.63. The van der Waals surface area contributed by atoms with E-state index in [1.807, 2.05) is 31.2 Å². The average molecular weight is 352 g/mol. The minimum Gasteiger partial charge on any atom is -0.497 e. The summed E-state index contributed by atoms with van der Waals surface area (Å²) >= 11 is 0. The summed E-state index contributed by atoms with van der Waals surface area (Å²) < 4.78 is 16.3. The fraction of sp³-hybridized carbons (Fsp3) is 0.529. The Labute approximate surface area is 145 Å². The van der Waals surface area contributed by atoms with E-state index in [9.17, 15) is 13.8 Å². The zero-order valence-corrected chi connectivity index (χ0v) is 15.1. The molecule has 1 N–H and O–H groups in total. The van der Waals surface area contributed by atoms with Gasteiger partial charge in [0, 0.05) is 48.4 Å². The largest absolute Gasteiger partial charge is 0.497 e. The van der Waals surface area contributed by atoms with Crippen molar-refractivity contribution in [2.75, 3.05) is 25.7 Å². The van der Waals surface area contributed by atoms with Crippen LogP contribution < -0.4 is 10.1 Å². The number of hydrogen-bond donors (Lipinski definition) is 1. The second kappa shape index (κ2) is 8.28. The first-order chi connectivity index (χ1) is 11.4. The molecular formula is C17H24N2O4S. The van der Waals surface area contributed by atoms with Crippen LogP contribution in [-0.2, 0) is 26.9 Å². The van der Waals surface area contributed by atoms with Gasteiger partial charge in [0.1, 0.15) is 5.75 Å². The molecule has 0 aliphatic carbocycles. The van der Waals surface area contributed by atoms with Crippen molar-refractivity contribution in [1.82, 2.24) is 10.2 Å². The predicted molar refractivity (Wildman–Crippen MR) is 93.1 cm³/mol. The summed E-state index contributed by atoms with van der Waals surface area (Å²) in [4.78, 5) is 26.1. The van der Waals surface area contributed by atoms with E-state index in [0.717, 1.165) is 11.3 Å². The van der Waals surface area contributed by atoms with Crippen molar-refractivity contribution in [2.45, 2.75) is 25.9 Å². The molecule has 2 amide bonds. The normalized spacial score (nSPS) is 19.9. The third kappa shape index (κ3) is 5.06. The molecule has 3 atom stereocenters. The maximum Gasteiger partial charge on any atom is 0.225 e. The fourth-order valence-electron chi connectivity index (χ4n) is 2.81. The number of nitrogens with zero attached hydrogens (tertiary/aromatic N) is 1. The van der Waals surface area contributed by atoms with Gasteiger partial charge in [-0.25, -0.2) is 0 Å². The quantitative estimate of drug-likeness (QED) is 0.792. The molecule has 0 aromatic heterocycles. The first-order valence-electron chi connectivity index (χ1n) is 7.90. The molecule has 1 aliphatic rings. The topological polar surface area (TPSA) is 75.7 Å². The van der Waals surface area contributed by atoms with E-state index in [0.29, 0.717) is 18.8 Å². The highest BCUT2D eigenvalue weighted by atomic mass is 32.2. The molecule has 7 heteroatoms. The minimum atomic E-state index is -0.959. The van der Waals surface area contributed by atoms with E-state index in [1.165, 1.54) is 0 Å². The van der Waals surface area contributed by atoms with Crippen LogP contribution in [0.1, 0.15) is 18.9 Å². The maximum atomic E-state index is 12.3. The second-order valence-corrected chi connectivity index (χ2v) is 7.65. The summed E-state index contributed by atoms with van der Waals surface area (Å²) in [5.74, 6) is 0.688. The highest BCUT2D eigenvalue weighted by Gasteiger charge is 2.34. The molecule has 1 fully saturated rings. The third-order valence-corrected chi connectivity index (χ3v) is 4.96. The number of nitrogens with one attached hydrogen (secondary N) is 1. The molecule has 0 saturated carbocycles. The number of rotatable bonds is 7. The van der Waals surface area contributed by atoms with Gasteiger partial charge in [0.15, 0.2) is 0 Å². The molecule has 0 bridgehead atoms. The van der Waals surface area contributed by atoms with Gasteiger partial charge < -0.3 is 15.0 Å². The Balaban J connectivity index is 1.90. The molecule has 1 heterocycles. The third-order valence-electron chi connectivity index (χ3n) is 3.99. The molecular weight excluding hydrogens is 328 g/mol. The number of carbonyl (C=O) groups is 2. The lowest BCUT2D eigenvalue weighted by Gasteiger charge is -2.18. The number of hydrogen-bond acceptors (Lipinski definition) is 4. The van der Waals surface area contributed by atoms with Gasteiger partial charge in [-0.1, -0.05) is 12.1 Å². The lowest BCUT2D eigenvalue weighted by molar-refractivity contribution is -0.129. The van der Waals surface area contributed by atoms with Crippen LogP contribution in [-0.4, -0.2) is 52.6 Å². The van der Waals surface area contributed by atoms with E-state index in [-0.39, 0.29) is 30.2 Å². The molecule has 1 aliphatic heterocycles. The van der Waals surface area contributed by atoms with E-state index >= 15 is 0 Å². The zero-order chi connectivity index (χ0) is 17.7. The van der Waals surface area contributed by atoms with Crippen molar-refractivity contribution in [2.24, 2.45) is 5.92 Å². The average Bonchev–Trinajstić information content (AvgIpc) is 2.88. The molecule has 0 unspecified atom stereocenters. The SMILES string of the molecule is COc1ccc(CN2C[C@H](C(=O)N[C@H](C)C[S@](C)=O)CC2=O)cc1. The Morgan fingerprint density at radius 2 is 2.08 bits per heavy atom. The number of benzene rings is 1. The van der Waals surface area contributed by atoms with E-state index in [4.69, 9.17) is 4.74 Å². The van der Waals surface area contributed by atoms with Crippen LogP contribution in [0.2, 0.25) is 0 Å². The second-order valence-electron chi connectivity index (χ2n) is 6.17. The first kappa shape index (κ1) is 18.4. The lowest BCUT2D eigenvalue weighted by Crippen LogP contribution is -2.40. The van der Waals surface area contributed by atoms with Crippen LogP contribution in [0.5, 0.6) is 5.75 Å². The Kier molecular flexibility index (Phi) is 6.36. The Morgan fingerprint density at radius 3 is 2.67 bits per heavy atom. The minimum absolute atomic E-state index is 0.0160. The van der Waals surface area contributed by atoms with Crippen molar-refractivity contribution in [3.63, 3.8) is 0 Å². The van der Waals surface area contributed by atoms with Crippen molar-refractivity contribution in [3.05, 3.63) is 29.8 Å². The maximum absolute atomic E-state index is 12.3. The molecule has 0 radical (unpaired) electrons. The van der Waals surface area contributed by atoms with E-state index in [1.54, 1.807) is 18.3 Å². The molecule has 24 heavy (non-hydrogen) atoms. The van der Waals surface area contributed by atoms with E-state index < -0.39 is 10.8 Å². The van der Waals surface area contributed by atoms with Gasteiger partial charge >= 0.3 is 0 Å². The van der Waals surface area contributed by atoms with Gasteiger partial charge in [-0.15, -0.1) is 0 Å². The van der Waals surface area contributed by atoms with Gasteiger partial charge in [0.05, 0.1) is 13.0 Å². The molecule has 0 spiro atoms. The van der Waals surface area contributed by atoms with Crippen LogP contribution in [0, 0.1) is 5.92 Å². The van der Waals surface area contributed by atoms with Crippen molar-refractivity contribution < 1.29 is 18.5 Å². The molecule has 6 nitrogen and oxygen atoms in total. The number of likely N-dealkylation sites (tertiary alicyclic amines) is 1. The number of ether oxygens (including phenoxy) is 1. The van der Waals surface area contributed by atoms with Crippen molar-refractivity contribution in [3.8, 4) is 5.75 Å². The van der Waals surface area contributed by atoms with E-state index in [2.05, 4.69) is 5.32 Å². The zero-order valence-electron chi connectivity index (χ0n) is 14.3. The summed E-state index contributed by atoms with van der Waals surface area (Å²) in [7, 11) is 0.649. The Morgan fingerprint density at radius 1 is 1.42 bits per heavy atom. The summed E-state index contributed by atoms with van der Waals surface area (Å²) in [5, 5.41) is 2.85. The molecule has 132 valence electrons. The van der Waals surface area contributed by atoms with Crippen LogP contribution >= 0.6 is 0 Å². The number of amides is 2. The smallest absolute Gasteiger partial charge is 0.225 e. The summed E-state index contributed by atoms with van der Waals surface area (Å²) in [6.07, 6.45) is 1.84. The summed E-state index contributed by atoms with van der Waals surface area (Å²) in [6, 6.07) is 7.38. The fourth-order valence-corrected chi connectivity index (χ4v) is 3.59. The highest BCUT2D eigenvalue weighted by molar-refractivity contribution is 7.84. The van der Waals surface area contributed by atoms with Gasteiger partial charge in [0.2, 0.25) is 11.8 Å². The number of methoxy groups -OCH3 is 1. The Bertz CT molecular complexity index is 618. The monoisotopic (exact) mass is 352 g/mol.